The predicted molar refractivity (Wildman–Crippen MR) is 106 cm³/mol. The number of rotatable bonds is 5. The Balaban J connectivity index is 1.58. The average Bonchev–Trinajstić information content (AvgIpc) is 3.34. The van der Waals surface area contributed by atoms with E-state index >= 15 is 0 Å². The number of aldehydes is 1. The van der Waals surface area contributed by atoms with Crippen LogP contribution in [0.4, 0.5) is 11.4 Å². The Bertz CT molecular complexity index is 1110. The number of carbonyl (C=O) groups excluding carboxylic acids is 4. The molecule has 1 aliphatic heterocycles. The van der Waals surface area contributed by atoms with E-state index in [1.54, 1.807) is 54.6 Å². The summed E-state index contributed by atoms with van der Waals surface area (Å²) < 4.78 is 0. The number of fused-ring (bicyclic) bond motifs is 1. The summed E-state index contributed by atoms with van der Waals surface area (Å²) in [5.74, 6) is -1.72. The van der Waals surface area contributed by atoms with Crippen LogP contribution in [0.3, 0.4) is 0 Å². The Morgan fingerprint density at radius 3 is 2.61 bits per heavy atom. The monoisotopic (exact) mass is 390 g/mol. The van der Waals surface area contributed by atoms with Gasteiger partial charge in [-0.1, -0.05) is 30.3 Å². The molecule has 138 valence electrons. The lowest BCUT2D eigenvalue weighted by atomic mass is 9.97. The molecule has 1 aliphatic rings. The van der Waals surface area contributed by atoms with Crippen molar-refractivity contribution in [1.82, 2.24) is 0 Å². The highest BCUT2D eigenvalue weighted by Gasteiger charge is 2.30. The number of amides is 2. The first-order valence-electron chi connectivity index (χ1n) is 8.46. The van der Waals surface area contributed by atoms with Crippen molar-refractivity contribution in [2.45, 2.75) is 5.92 Å². The first-order valence-corrected chi connectivity index (χ1v) is 9.34. The maximum atomic E-state index is 12.9. The molecule has 1 aromatic heterocycles. The van der Waals surface area contributed by atoms with Gasteiger partial charge in [-0.2, -0.15) is 0 Å². The number of thiophene rings is 1. The van der Waals surface area contributed by atoms with Crippen molar-refractivity contribution in [3.05, 3.63) is 81.5 Å². The molecule has 2 N–H and O–H groups in total. The second-order valence-electron chi connectivity index (χ2n) is 6.25. The number of nitrogens with one attached hydrogen (secondary N) is 2. The van der Waals surface area contributed by atoms with Crippen molar-refractivity contribution < 1.29 is 19.2 Å². The van der Waals surface area contributed by atoms with Crippen LogP contribution < -0.4 is 10.6 Å². The third-order valence-electron chi connectivity index (χ3n) is 4.45. The molecule has 0 fully saturated rings. The molecular weight excluding hydrogens is 376 g/mol. The second-order valence-corrected chi connectivity index (χ2v) is 7.19. The van der Waals surface area contributed by atoms with Gasteiger partial charge in [0.05, 0.1) is 4.88 Å². The van der Waals surface area contributed by atoms with Crippen LogP contribution in [0.15, 0.2) is 60.0 Å². The third-order valence-corrected chi connectivity index (χ3v) is 5.32. The molecule has 4 rings (SSSR count). The lowest BCUT2D eigenvalue weighted by Crippen LogP contribution is -2.12. The predicted octanol–water partition coefficient (Wildman–Crippen LogP) is 3.47. The quantitative estimate of drug-likeness (QED) is 0.396. The molecule has 1 atom stereocenters. The van der Waals surface area contributed by atoms with Crippen LogP contribution in [0.2, 0.25) is 0 Å². The fraction of sp³-hybridized carbons (Fsp3) is 0.0476. The molecule has 6 nitrogen and oxygen atoms in total. The standard InChI is InChI=1S/C21H14N2O4S/c24-11-16-15-7-6-13(10-17(15)23-20(16)26)19(25)12-3-1-4-14(9-12)22-21(27)18-5-2-8-28-18/h1-11,16H,(H,22,27)(H,23,26). The van der Waals surface area contributed by atoms with Crippen molar-refractivity contribution in [1.29, 1.82) is 0 Å². The molecule has 2 heterocycles. The first kappa shape index (κ1) is 17.8. The van der Waals surface area contributed by atoms with Crippen molar-refractivity contribution in [3.8, 4) is 0 Å². The summed E-state index contributed by atoms with van der Waals surface area (Å²) in [6.07, 6.45) is 0.586. The fourth-order valence-electron chi connectivity index (χ4n) is 3.07. The molecule has 2 amide bonds. The largest absolute Gasteiger partial charge is 0.325 e. The minimum absolute atomic E-state index is 0.236. The van der Waals surface area contributed by atoms with Gasteiger partial charge in [0, 0.05) is 22.5 Å². The highest BCUT2D eigenvalue weighted by molar-refractivity contribution is 7.12. The summed E-state index contributed by atoms with van der Waals surface area (Å²) in [5.41, 5.74) is 2.33. The van der Waals surface area contributed by atoms with Crippen molar-refractivity contribution in [3.63, 3.8) is 0 Å². The lowest BCUT2D eigenvalue weighted by Gasteiger charge is -2.08. The van der Waals surface area contributed by atoms with Gasteiger partial charge in [0.2, 0.25) is 5.91 Å². The van der Waals surface area contributed by atoms with Gasteiger partial charge < -0.3 is 15.4 Å². The summed E-state index contributed by atoms with van der Waals surface area (Å²) in [5, 5.41) is 7.21. The third kappa shape index (κ3) is 3.23. The zero-order valence-corrected chi connectivity index (χ0v) is 15.3. The van der Waals surface area contributed by atoms with Crippen LogP contribution in [0.5, 0.6) is 0 Å². The van der Waals surface area contributed by atoms with E-state index in [-0.39, 0.29) is 11.7 Å². The summed E-state index contributed by atoms with van der Waals surface area (Å²) in [7, 11) is 0. The summed E-state index contributed by atoms with van der Waals surface area (Å²) in [6.45, 7) is 0. The normalized spacial score (nSPS) is 14.9. The van der Waals surface area contributed by atoms with Crippen LogP contribution >= 0.6 is 11.3 Å². The Kier molecular flexibility index (Phi) is 4.58. The van der Waals surface area contributed by atoms with Crippen molar-refractivity contribution in [2.75, 3.05) is 10.6 Å². The van der Waals surface area contributed by atoms with Gasteiger partial charge in [-0.25, -0.2) is 0 Å². The van der Waals surface area contributed by atoms with E-state index < -0.39 is 11.8 Å². The van der Waals surface area contributed by atoms with E-state index in [2.05, 4.69) is 10.6 Å². The van der Waals surface area contributed by atoms with Crippen molar-refractivity contribution >= 4 is 46.6 Å². The minimum atomic E-state index is -0.838. The zero-order valence-electron chi connectivity index (χ0n) is 14.5. The number of benzene rings is 2. The Morgan fingerprint density at radius 2 is 1.86 bits per heavy atom. The van der Waals surface area contributed by atoms with Gasteiger partial charge in [-0.3, -0.25) is 14.4 Å². The van der Waals surface area contributed by atoms with Gasteiger partial charge in [0.1, 0.15) is 12.2 Å². The van der Waals surface area contributed by atoms with Gasteiger partial charge in [-0.15, -0.1) is 11.3 Å². The molecule has 0 radical (unpaired) electrons. The lowest BCUT2D eigenvalue weighted by molar-refractivity contribution is -0.121. The summed E-state index contributed by atoms with van der Waals surface area (Å²) in [6, 6.07) is 14.9. The summed E-state index contributed by atoms with van der Waals surface area (Å²) in [4.78, 5) is 48.5. The number of carbonyl (C=O) groups is 4. The Labute approximate surface area is 164 Å². The Morgan fingerprint density at radius 1 is 1.04 bits per heavy atom. The highest BCUT2D eigenvalue weighted by Crippen LogP contribution is 2.32. The van der Waals surface area contributed by atoms with Crippen LogP contribution in [-0.4, -0.2) is 23.9 Å². The van der Waals surface area contributed by atoms with Gasteiger partial charge in [-0.05, 0) is 35.2 Å². The topological polar surface area (TPSA) is 92.3 Å². The highest BCUT2D eigenvalue weighted by atomic mass is 32.1. The molecule has 28 heavy (non-hydrogen) atoms. The molecule has 0 saturated carbocycles. The number of ketones is 1. The van der Waals surface area contributed by atoms with E-state index in [0.29, 0.717) is 39.2 Å². The number of hydrogen-bond acceptors (Lipinski definition) is 5. The minimum Gasteiger partial charge on any atom is -0.325 e. The SMILES string of the molecule is O=CC1C(=O)Nc2cc(C(=O)c3cccc(NC(=O)c4cccs4)c3)ccc21. The summed E-state index contributed by atoms with van der Waals surface area (Å²) >= 11 is 1.33. The molecule has 0 saturated heterocycles. The Hall–Kier alpha value is -3.58. The van der Waals surface area contributed by atoms with Crippen LogP contribution in [0.1, 0.15) is 37.1 Å². The fourth-order valence-corrected chi connectivity index (χ4v) is 3.69. The molecule has 2 aromatic carbocycles. The zero-order chi connectivity index (χ0) is 19.7. The van der Waals surface area contributed by atoms with E-state index in [4.69, 9.17) is 0 Å². The van der Waals surface area contributed by atoms with Crippen molar-refractivity contribution in [2.24, 2.45) is 0 Å². The van der Waals surface area contributed by atoms with Gasteiger partial charge in [0.15, 0.2) is 5.78 Å². The van der Waals surface area contributed by atoms with E-state index in [1.165, 1.54) is 11.3 Å². The number of hydrogen-bond donors (Lipinski definition) is 2. The molecule has 3 aromatic rings. The first-order chi connectivity index (χ1) is 13.6. The van der Waals surface area contributed by atoms with Crippen LogP contribution in [0, 0.1) is 0 Å². The molecule has 7 heteroatoms. The maximum absolute atomic E-state index is 12.9. The molecule has 0 aliphatic carbocycles. The van der Waals surface area contributed by atoms with Crippen LogP contribution in [0.25, 0.3) is 0 Å². The number of anilines is 2. The molecule has 1 unspecified atom stereocenters. The molecular formula is C21H14N2O4S. The smallest absolute Gasteiger partial charge is 0.265 e. The van der Waals surface area contributed by atoms with Gasteiger partial charge in [0.25, 0.3) is 5.91 Å². The van der Waals surface area contributed by atoms with E-state index in [0.717, 1.165) is 0 Å². The van der Waals surface area contributed by atoms with Gasteiger partial charge >= 0.3 is 0 Å². The molecule has 0 bridgehead atoms. The second kappa shape index (κ2) is 7.21. The average molecular weight is 390 g/mol. The molecule has 0 spiro atoms. The van der Waals surface area contributed by atoms with E-state index in [1.807, 2.05) is 5.38 Å². The van der Waals surface area contributed by atoms with Crippen LogP contribution in [-0.2, 0) is 9.59 Å². The van der Waals surface area contributed by atoms with E-state index in [9.17, 15) is 19.2 Å². The maximum Gasteiger partial charge on any atom is 0.265 e.